The highest BCUT2D eigenvalue weighted by Gasteiger charge is 2.55. The molecule has 0 spiro atoms. The van der Waals surface area contributed by atoms with Gasteiger partial charge in [0.2, 0.25) is 0 Å². The van der Waals surface area contributed by atoms with Crippen LogP contribution in [0.2, 0.25) is 5.02 Å². The minimum absolute atomic E-state index is 0.108. The maximum atomic E-state index is 11.4. The van der Waals surface area contributed by atoms with Gasteiger partial charge in [0.05, 0.1) is 12.0 Å². The summed E-state index contributed by atoms with van der Waals surface area (Å²) in [6, 6.07) is 7.43. The zero-order valence-electron chi connectivity index (χ0n) is 13.7. The molecule has 0 heterocycles. The first-order chi connectivity index (χ1) is 9.95. The van der Waals surface area contributed by atoms with Gasteiger partial charge >= 0.3 is 5.97 Å². The van der Waals surface area contributed by atoms with Crippen molar-refractivity contribution in [3.05, 3.63) is 34.9 Å². The second-order valence-electron chi connectivity index (χ2n) is 8.17. The topological polar surface area (TPSA) is 57.5 Å². The summed E-state index contributed by atoms with van der Waals surface area (Å²) in [5, 5.41) is 21.2. The van der Waals surface area contributed by atoms with Crippen LogP contribution in [0.1, 0.15) is 58.4 Å². The van der Waals surface area contributed by atoms with E-state index < -0.39 is 11.6 Å². The van der Waals surface area contributed by atoms with Gasteiger partial charge in [0.15, 0.2) is 0 Å². The Labute approximate surface area is 137 Å². The van der Waals surface area contributed by atoms with Crippen molar-refractivity contribution < 1.29 is 15.0 Å². The molecule has 2 atom stereocenters. The molecule has 22 heavy (non-hydrogen) atoms. The van der Waals surface area contributed by atoms with E-state index in [0.717, 1.165) is 12.0 Å². The average Bonchev–Trinajstić information content (AvgIpc) is 2.21. The average molecular weight is 325 g/mol. The molecule has 2 N–H and O–H groups in total. The smallest absolute Gasteiger partial charge is 0.306 e. The van der Waals surface area contributed by atoms with Gasteiger partial charge in [-0.3, -0.25) is 4.79 Å². The predicted octanol–water partition coefficient (Wildman–Crippen LogP) is 4.48. The lowest BCUT2D eigenvalue weighted by Crippen LogP contribution is -2.53. The SMILES string of the molecule is CC1(C)CC(C)(C)C(c2cccc(Cl)c2)C(O)(CC(=O)O)C1. The van der Waals surface area contributed by atoms with E-state index in [4.69, 9.17) is 11.6 Å². The van der Waals surface area contributed by atoms with Crippen molar-refractivity contribution >= 4 is 17.6 Å². The summed E-state index contributed by atoms with van der Waals surface area (Å²) >= 11 is 6.11. The minimum atomic E-state index is -1.28. The maximum Gasteiger partial charge on any atom is 0.306 e. The van der Waals surface area contributed by atoms with Gasteiger partial charge in [-0.25, -0.2) is 0 Å². The normalized spacial score (nSPS) is 30.0. The zero-order chi connectivity index (χ0) is 16.8. The summed E-state index contributed by atoms with van der Waals surface area (Å²) in [6.07, 6.45) is 1.13. The van der Waals surface area contributed by atoms with E-state index in [-0.39, 0.29) is 23.2 Å². The van der Waals surface area contributed by atoms with Crippen LogP contribution in [0.5, 0.6) is 0 Å². The van der Waals surface area contributed by atoms with E-state index >= 15 is 0 Å². The molecule has 0 radical (unpaired) electrons. The number of hydrogen-bond donors (Lipinski definition) is 2. The standard InChI is InChI=1S/C18H25ClO3/c1-16(2)10-17(3,4)15(12-6-5-7-13(19)8-12)18(22,11-16)9-14(20)21/h5-8,15,22H,9-11H2,1-4H3,(H,20,21). The summed E-state index contributed by atoms with van der Waals surface area (Å²) in [7, 11) is 0. The molecule has 0 bridgehead atoms. The first-order valence-electron chi connectivity index (χ1n) is 7.65. The molecule has 2 rings (SSSR count). The zero-order valence-corrected chi connectivity index (χ0v) is 14.4. The van der Waals surface area contributed by atoms with Crippen molar-refractivity contribution in [2.24, 2.45) is 10.8 Å². The highest BCUT2D eigenvalue weighted by molar-refractivity contribution is 6.30. The van der Waals surface area contributed by atoms with Crippen molar-refractivity contribution in [3.63, 3.8) is 0 Å². The van der Waals surface area contributed by atoms with E-state index in [1.54, 1.807) is 6.07 Å². The van der Waals surface area contributed by atoms with Gasteiger partial charge in [0.25, 0.3) is 0 Å². The molecule has 1 aliphatic rings. The maximum absolute atomic E-state index is 11.4. The van der Waals surface area contributed by atoms with Crippen LogP contribution in [-0.2, 0) is 4.79 Å². The lowest BCUT2D eigenvalue weighted by molar-refractivity contribution is -0.154. The third kappa shape index (κ3) is 3.47. The van der Waals surface area contributed by atoms with Gasteiger partial charge in [0, 0.05) is 10.9 Å². The second-order valence-corrected chi connectivity index (χ2v) is 8.60. The van der Waals surface area contributed by atoms with Crippen LogP contribution in [0.15, 0.2) is 24.3 Å². The molecule has 0 aliphatic heterocycles. The number of carboxylic acid groups (broad SMARTS) is 1. The van der Waals surface area contributed by atoms with Crippen molar-refractivity contribution in [1.82, 2.24) is 0 Å². The van der Waals surface area contributed by atoms with Crippen LogP contribution in [0.4, 0.5) is 0 Å². The fourth-order valence-electron chi connectivity index (χ4n) is 4.93. The Hall–Kier alpha value is -1.06. The lowest BCUT2D eigenvalue weighted by atomic mass is 9.51. The third-order valence-corrected chi connectivity index (χ3v) is 4.91. The van der Waals surface area contributed by atoms with Crippen LogP contribution in [0.3, 0.4) is 0 Å². The van der Waals surface area contributed by atoms with Gasteiger partial charge in [-0.05, 0) is 41.4 Å². The van der Waals surface area contributed by atoms with Gasteiger partial charge in [-0.2, -0.15) is 0 Å². The van der Waals surface area contributed by atoms with Crippen LogP contribution in [0, 0.1) is 10.8 Å². The summed E-state index contributed by atoms with van der Waals surface area (Å²) in [5.74, 6) is -1.23. The van der Waals surface area contributed by atoms with Crippen molar-refractivity contribution in [2.45, 2.75) is 58.5 Å². The number of aliphatic hydroxyl groups is 1. The predicted molar refractivity (Wildman–Crippen MR) is 88.2 cm³/mol. The molecular formula is C18H25ClO3. The van der Waals surface area contributed by atoms with E-state index in [1.807, 2.05) is 18.2 Å². The lowest BCUT2D eigenvalue weighted by Gasteiger charge is -2.55. The number of benzene rings is 1. The number of carboxylic acids is 1. The number of halogens is 1. The van der Waals surface area contributed by atoms with Gasteiger partial charge in [0.1, 0.15) is 0 Å². The Morgan fingerprint density at radius 2 is 1.91 bits per heavy atom. The molecule has 0 saturated heterocycles. The van der Waals surface area contributed by atoms with E-state index in [1.165, 1.54) is 0 Å². The fraction of sp³-hybridized carbons (Fsp3) is 0.611. The van der Waals surface area contributed by atoms with Crippen molar-refractivity contribution in [3.8, 4) is 0 Å². The molecule has 122 valence electrons. The van der Waals surface area contributed by atoms with Gasteiger partial charge in [-0.1, -0.05) is 51.4 Å². The molecule has 1 saturated carbocycles. The van der Waals surface area contributed by atoms with E-state index in [2.05, 4.69) is 27.7 Å². The van der Waals surface area contributed by atoms with E-state index in [9.17, 15) is 15.0 Å². The number of carbonyl (C=O) groups is 1. The molecule has 4 heteroatoms. The Morgan fingerprint density at radius 3 is 2.45 bits per heavy atom. The molecule has 1 aliphatic carbocycles. The van der Waals surface area contributed by atoms with Gasteiger partial charge < -0.3 is 10.2 Å². The molecule has 1 fully saturated rings. The molecule has 1 aromatic rings. The van der Waals surface area contributed by atoms with E-state index in [0.29, 0.717) is 11.4 Å². The van der Waals surface area contributed by atoms with Crippen LogP contribution in [-0.4, -0.2) is 21.8 Å². The van der Waals surface area contributed by atoms with Gasteiger partial charge in [-0.15, -0.1) is 0 Å². The number of aliphatic carboxylic acids is 1. The monoisotopic (exact) mass is 324 g/mol. The largest absolute Gasteiger partial charge is 0.481 e. The summed E-state index contributed by atoms with van der Waals surface area (Å²) in [4.78, 5) is 11.4. The van der Waals surface area contributed by atoms with Crippen LogP contribution < -0.4 is 0 Å². The molecule has 0 amide bonds. The second kappa shape index (κ2) is 5.54. The molecular weight excluding hydrogens is 300 g/mol. The quantitative estimate of drug-likeness (QED) is 0.862. The van der Waals surface area contributed by atoms with Crippen molar-refractivity contribution in [1.29, 1.82) is 0 Å². The highest BCUT2D eigenvalue weighted by atomic mass is 35.5. The molecule has 1 aromatic carbocycles. The van der Waals surface area contributed by atoms with Crippen LogP contribution in [0.25, 0.3) is 0 Å². The number of hydrogen-bond acceptors (Lipinski definition) is 2. The summed E-state index contributed by atoms with van der Waals surface area (Å²) in [5.41, 5.74) is -0.696. The molecule has 3 nitrogen and oxygen atoms in total. The third-order valence-electron chi connectivity index (χ3n) is 4.68. The van der Waals surface area contributed by atoms with Crippen molar-refractivity contribution in [2.75, 3.05) is 0 Å². The fourth-order valence-corrected chi connectivity index (χ4v) is 5.13. The first kappa shape index (κ1) is 17.3. The molecule has 2 unspecified atom stereocenters. The first-order valence-corrected chi connectivity index (χ1v) is 8.03. The van der Waals surface area contributed by atoms with Crippen LogP contribution >= 0.6 is 11.6 Å². The Morgan fingerprint density at radius 1 is 1.27 bits per heavy atom. The summed E-state index contributed by atoms with van der Waals surface area (Å²) < 4.78 is 0. The number of rotatable bonds is 3. The minimum Gasteiger partial charge on any atom is -0.481 e. The highest BCUT2D eigenvalue weighted by Crippen LogP contribution is 2.59. The Kier molecular flexibility index (Phi) is 4.35. The summed E-state index contributed by atoms with van der Waals surface area (Å²) in [6.45, 7) is 8.39. The molecule has 0 aromatic heterocycles. The Bertz CT molecular complexity index is 579. The Balaban J connectivity index is 2.56.